The standard InChI is InChI=1S/C8H11F3N2O2/c1-12-4-3-6(7(14)15-2)13-5-8(9,10)11/h3-4,13H,5H2,1-2H3/b6-3-,12-4?. The molecule has 0 spiro atoms. The Kier molecular flexibility index (Phi) is 5.43. The first-order valence-corrected chi connectivity index (χ1v) is 3.92. The molecule has 0 aliphatic heterocycles. The van der Waals surface area contributed by atoms with Crippen LogP contribution in [0.25, 0.3) is 0 Å². The van der Waals surface area contributed by atoms with Crippen LogP contribution >= 0.6 is 0 Å². The first-order valence-electron chi connectivity index (χ1n) is 3.92. The van der Waals surface area contributed by atoms with Crippen LogP contribution in [0.1, 0.15) is 0 Å². The van der Waals surface area contributed by atoms with Gasteiger partial charge in [-0.15, -0.1) is 0 Å². The van der Waals surface area contributed by atoms with E-state index < -0.39 is 18.7 Å². The number of alkyl halides is 3. The van der Waals surface area contributed by atoms with E-state index in [2.05, 4.69) is 9.73 Å². The number of hydrogen-bond donors (Lipinski definition) is 1. The third kappa shape index (κ3) is 6.53. The van der Waals surface area contributed by atoms with Crippen molar-refractivity contribution in [1.29, 1.82) is 0 Å². The van der Waals surface area contributed by atoms with Gasteiger partial charge in [-0.05, 0) is 6.08 Å². The summed E-state index contributed by atoms with van der Waals surface area (Å²) in [7, 11) is 2.50. The second-order valence-corrected chi connectivity index (χ2v) is 2.45. The molecule has 0 amide bonds. The van der Waals surface area contributed by atoms with Crippen LogP contribution in [0.2, 0.25) is 0 Å². The van der Waals surface area contributed by atoms with Crippen molar-refractivity contribution in [3.8, 4) is 0 Å². The lowest BCUT2D eigenvalue weighted by Crippen LogP contribution is -2.31. The molecular formula is C8H11F3N2O2. The molecule has 0 aromatic heterocycles. The molecule has 1 N–H and O–H groups in total. The fraction of sp³-hybridized carbons (Fsp3) is 0.500. The molecule has 0 aromatic rings. The van der Waals surface area contributed by atoms with E-state index in [-0.39, 0.29) is 5.70 Å². The summed E-state index contributed by atoms with van der Waals surface area (Å²) in [6, 6.07) is 0. The molecule has 0 heterocycles. The highest BCUT2D eigenvalue weighted by molar-refractivity contribution is 5.92. The molecule has 4 nitrogen and oxygen atoms in total. The van der Waals surface area contributed by atoms with Gasteiger partial charge in [-0.2, -0.15) is 13.2 Å². The number of nitrogens with one attached hydrogen (secondary N) is 1. The monoisotopic (exact) mass is 224 g/mol. The lowest BCUT2D eigenvalue weighted by atomic mass is 10.4. The highest BCUT2D eigenvalue weighted by atomic mass is 19.4. The zero-order valence-electron chi connectivity index (χ0n) is 8.26. The second kappa shape index (κ2) is 6.05. The van der Waals surface area contributed by atoms with Crippen molar-refractivity contribution in [2.75, 3.05) is 20.7 Å². The highest BCUT2D eigenvalue weighted by Gasteiger charge is 2.27. The number of allylic oxidation sites excluding steroid dienone is 1. The molecule has 0 rings (SSSR count). The van der Waals surface area contributed by atoms with Gasteiger partial charge in [0.05, 0.1) is 7.11 Å². The smallest absolute Gasteiger partial charge is 0.405 e. The van der Waals surface area contributed by atoms with Gasteiger partial charge >= 0.3 is 12.1 Å². The average molecular weight is 224 g/mol. The maximum Gasteiger partial charge on any atom is 0.405 e. The molecule has 0 bridgehead atoms. The Hall–Kier alpha value is -1.53. The largest absolute Gasteiger partial charge is 0.464 e. The Morgan fingerprint density at radius 2 is 2.13 bits per heavy atom. The van der Waals surface area contributed by atoms with Crippen molar-refractivity contribution in [1.82, 2.24) is 5.32 Å². The first kappa shape index (κ1) is 13.5. The minimum Gasteiger partial charge on any atom is -0.464 e. The van der Waals surface area contributed by atoms with E-state index in [0.29, 0.717) is 0 Å². The maximum atomic E-state index is 11.8. The maximum absolute atomic E-state index is 11.8. The molecule has 0 saturated carbocycles. The second-order valence-electron chi connectivity index (χ2n) is 2.45. The highest BCUT2D eigenvalue weighted by Crippen LogP contribution is 2.13. The Bertz CT molecular complexity index is 272. The minimum atomic E-state index is -4.39. The van der Waals surface area contributed by atoms with Gasteiger partial charge < -0.3 is 10.1 Å². The Morgan fingerprint density at radius 3 is 2.53 bits per heavy atom. The number of carbonyl (C=O) groups is 1. The van der Waals surface area contributed by atoms with Crippen LogP contribution in [-0.4, -0.2) is 39.1 Å². The summed E-state index contributed by atoms with van der Waals surface area (Å²) in [4.78, 5) is 14.5. The van der Waals surface area contributed by atoms with E-state index >= 15 is 0 Å². The molecule has 0 saturated heterocycles. The van der Waals surface area contributed by atoms with Crippen molar-refractivity contribution in [3.05, 3.63) is 11.8 Å². The van der Waals surface area contributed by atoms with Crippen molar-refractivity contribution in [3.63, 3.8) is 0 Å². The lowest BCUT2D eigenvalue weighted by Gasteiger charge is -2.10. The summed E-state index contributed by atoms with van der Waals surface area (Å²) < 4.78 is 39.8. The van der Waals surface area contributed by atoms with Gasteiger partial charge in [-0.25, -0.2) is 4.79 Å². The van der Waals surface area contributed by atoms with Crippen molar-refractivity contribution in [2.45, 2.75) is 6.18 Å². The van der Waals surface area contributed by atoms with E-state index in [4.69, 9.17) is 0 Å². The first-order chi connectivity index (χ1) is 6.90. The number of ether oxygens (including phenoxy) is 1. The molecule has 15 heavy (non-hydrogen) atoms. The van der Waals surface area contributed by atoms with Gasteiger partial charge in [0.25, 0.3) is 0 Å². The Balaban J connectivity index is 4.46. The average Bonchev–Trinajstić information content (AvgIpc) is 2.15. The molecule has 0 aliphatic rings. The molecule has 0 aliphatic carbocycles. The quantitative estimate of drug-likeness (QED) is 0.438. The summed E-state index contributed by atoms with van der Waals surface area (Å²) in [5, 5.41) is 1.92. The van der Waals surface area contributed by atoms with E-state index in [9.17, 15) is 18.0 Å². The topological polar surface area (TPSA) is 50.7 Å². The molecule has 0 radical (unpaired) electrons. The Morgan fingerprint density at radius 1 is 1.53 bits per heavy atom. The molecule has 0 unspecified atom stereocenters. The number of methoxy groups -OCH3 is 1. The zero-order valence-corrected chi connectivity index (χ0v) is 8.26. The van der Waals surface area contributed by atoms with E-state index in [1.165, 1.54) is 13.3 Å². The fourth-order valence-corrected chi connectivity index (χ4v) is 0.654. The van der Waals surface area contributed by atoms with E-state index in [1.807, 2.05) is 5.32 Å². The van der Waals surface area contributed by atoms with Crippen molar-refractivity contribution >= 4 is 12.2 Å². The third-order valence-electron chi connectivity index (χ3n) is 1.27. The molecule has 0 aromatic carbocycles. The normalized spacial score (nSPS) is 13.0. The number of nitrogens with zero attached hydrogens (tertiary/aromatic N) is 1. The minimum absolute atomic E-state index is 0.291. The molecule has 0 atom stereocenters. The van der Waals surface area contributed by atoms with E-state index in [0.717, 1.165) is 13.2 Å². The number of carbonyl (C=O) groups excluding carboxylic acids is 1. The van der Waals surface area contributed by atoms with Crippen molar-refractivity contribution in [2.24, 2.45) is 4.99 Å². The van der Waals surface area contributed by atoms with Gasteiger partial charge in [0.2, 0.25) is 0 Å². The van der Waals surface area contributed by atoms with Gasteiger partial charge in [0.15, 0.2) is 0 Å². The van der Waals surface area contributed by atoms with Crippen LogP contribution in [0.5, 0.6) is 0 Å². The van der Waals surface area contributed by atoms with Crippen LogP contribution in [-0.2, 0) is 9.53 Å². The predicted octanol–water partition coefficient (Wildman–Crippen LogP) is 0.896. The molecule has 86 valence electrons. The third-order valence-corrected chi connectivity index (χ3v) is 1.27. The number of halogens is 3. The summed E-state index contributed by atoms with van der Waals surface area (Å²) in [5.41, 5.74) is -0.291. The van der Waals surface area contributed by atoms with Crippen LogP contribution in [0.4, 0.5) is 13.2 Å². The van der Waals surface area contributed by atoms with Gasteiger partial charge in [0, 0.05) is 13.3 Å². The lowest BCUT2D eigenvalue weighted by molar-refractivity contribution is -0.138. The number of aliphatic imine (C=N–C) groups is 1. The van der Waals surface area contributed by atoms with Crippen LogP contribution in [0, 0.1) is 0 Å². The summed E-state index contributed by atoms with van der Waals surface area (Å²) in [6.07, 6.45) is -2.09. The number of rotatable bonds is 4. The Labute approximate surface area is 84.8 Å². The number of hydrogen-bond acceptors (Lipinski definition) is 4. The van der Waals surface area contributed by atoms with Crippen LogP contribution in [0.15, 0.2) is 16.8 Å². The molecule has 0 fully saturated rings. The van der Waals surface area contributed by atoms with Crippen LogP contribution < -0.4 is 5.32 Å². The summed E-state index contributed by atoms with van der Waals surface area (Å²) in [6.45, 7) is -1.30. The van der Waals surface area contributed by atoms with Gasteiger partial charge in [-0.3, -0.25) is 4.99 Å². The van der Waals surface area contributed by atoms with E-state index in [1.54, 1.807) is 0 Å². The molecule has 7 heteroatoms. The zero-order chi connectivity index (χ0) is 11.9. The van der Waals surface area contributed by atoms with Crippen molar-refractivity contribution < 1.29 is 22.7 Å². The molecular weight excluding hydrogens is 213 g/mol. The summed E-state index contributed by atoms with van der Waals surface area (Å²) >= 11 is 0. The van der Waals surface area contributed by atoms with Crippen LogP contribution in [0.3, 0.4) is 0 Å². The SMILES string of the molecule is CN=C/C=C(\NCC(F)(F)F)C(=O)OC. The fourth-order valence-electron chi connectivity index (χ4n) is 0.654. The number of esters is 1. The van der Waals surface area contributed by atoms with Gasteiger partial charge in [0.1, 0.15) is 12.2 Å². The predicted molar refractivity (Wildman–Crippen MR) is 48.6 cm³/mol. The van der Waals surface area contributed by atoms with Gasteiger partial charge in [-0.1, -0.05) is 0 Å². The summed E-state index contributed by atoms with van der Waals surface area (Å²) in [5.74, 6) is -0.876.